The molecule has 2 atom stereocenters. The van der Waals surface area contributed by atoms with Crippen LogP contribution in [0.25, 0.3) is 33.7 Å². The van der Waals surface area contributed by atoms with Crippen molar-refractivity contribution in [3.8, 4) is 11.5 Å². The summed E-state index contributed by atoms with van der Waals surface area (Å²) in [4.78, 5) is 80.4. The first-order valence-corrected chi connectivity index (χ1v) is 21.5. The summed E-state index contributed by atoms with van der Waals surface area (Å²) in [5, 5.41) is 14.1. The number of anilines is 3. The van der Waals surface area contributed by atoms with E-state index in [1.165, 1.54) is 52.3 Å². The van der Waals surface area contributed by atoms with Gasteiger partial charge in [0.1, 0.15) is 11.5 Å². The number of nitrogens with one attached hydrogen (secondary N) is 1. The van der Waals surface area contributed by atoms with Crippen molar-refractivity contribution in [2.24, 2.45) is 0 Å². The van der Waals surface area contributed by atoms with Crippen LogP contribution in [0.3, 0.4) is 0 Å². The van der Waals surface area contributed by atoms with Gasteiger partial charge in [0.15, 0.2) is 0 Å². The van der Waals surface area contributed by atoms with Crippen LogP contribution >= 0.6 is 38.8 Å². The Morgan fingerprint density at radius 3 is 1.57 bits per heavy atom. The molecule has 0 aromatic heterocycles. The number of nitrogens with zero attached hydrogens (tertiary/aromatic N) is 2. The van der Waals surface area contributed by atoms with Gasteiger partial charge in [-0.05, 0) is 51.2 Å². The van der Waals surface area contributed by atoms with Gasteiger partial charge < -0.3 is 24.0 Å². The Labute approximate surface area is 340 Å². The molecule has 2 heterocycles. The van der Waals surface area contributed by atoms with E-state index in [-0.39, 0.29) is 53.9 Å². The maximum atomic E-state index is 13.7. The van der Waals surface area contributed by atoms with E-state index >= 15 is 0 Å². The third-order valence-corrected chi connectivity index (χ3v) is 11.4. The van der Waals surface area contributed by atoms with Crippen molar-refractivity contribution in [2.75, 3.05) is 40.0 Å². The number of rotatable bonds is 11. The predicted octanol–water partition coefficient (Wildman–Crippen LogP) is 7.79. The standard InChI is InChI=1S/C39H33Cl2N3O12P2/c40-18-24-20-43(31-16-33(55-57(49,50)51)26-5-1-3-7-28(26)37(24)31)35(45)13-10-22-9-11-23(30(15-22)42-39(47)48)12-14-36(46)44-21-25(19-41)38-29-8-4-2-6-27(29)34(17-32(38)44)56-58(52,53)54/h1-17,24-25,42H,18-21H2,(H,47,48)(H2,49,50,51)(H2,52,53,54)/t24-,25-/m1/s1. The SMILES string of the molecule is O=C(O)Nc1cc(C=CC(=O)N2C[C@@H](CCl)c3c2cc(OP(=O)(O)O)c2ccccc32)ccc1C=CC(=O)N1C[C@@H](CCl)c2c1cc(OP(=O)(O)O)c1ccccc21. The maximum absolute atomic E-state index is 13.7. The van der Waals surface area contributed by atoms with E-state index in [0.717, 1.165) is 5.56 Å². The zero-order chi connectivity index (χ0) is 41.5. The van der Waals surface area contributed by atoms with Crippen LogP contribution < -0.4 is 24.2 Å². The van der Waals surface area contributed by atoms with E-state index in [2.05, 4.69) is 5.32 Å². The summed E-state index contributed by atoms with van der Waals surface area (Å²) < 4.78 is 33.6. The Hall–Kier alpha value is -5.21. The monoisotopic (exact) mass is 867 g/mol. The van der Waals surface area contributed by atoms with Gasteiger partial charge in [-0.2, -0.15) is 0 Å². The molecule has 0 bridgehead atoms. The Bertz CT molecular complexity index is 2660. The molecular weight excluding hydrogens is 835 g/mol. The number of phosphoric acid groups is 2. The van der Waals surface area contributed by atoms with Crippen LogP contribution in [0.5, 0.6) is 11.5 Å². The molecule has 15 nitrogen and oxygen atoms in total. The van der Waals surface area contributed by atoms with Gasteiger partial charge in [-0.25, -0.2) is 13.9 Å². The van der Waals surface area contributed by atoms with Crippen LogP contribution in [-0.4, -0.2) is 67.4 Å². The number of carbonyl (C=O) groups excluding carboxylic acids is 2. The number of fused-ring (bicyclic) bond motifs is 6. The number of benzene rings is 5. The van der Waals surface area contributed by atoms with Crippen molar-refractivity contribution in [3.63, 3.8) is 0 Å². The summed E-state index contributed by atoms with van der Waals surface area (Å²) in [6.45, 7) is 0.334. The lowest BCUT2D eigenvalue weighted by molar-refractivity contribution is -0.114. The van der Waals surface area contributed by atoms with Gasteiger partial charge in [-0.15, -0.1) is 23.2 Å². The molecular formula is C39H33Cl2N3O12P2. The first kappa shape index (κ1) is 41.0. The number of hydrogen-bond donors (Lipinski definition) is 6. The van der Waals surface area contributed by atoms with Gasteiger partial charge in [0.2, 0.25) is 0 Å². The minimum Gasteiger partial charge on any atom is -0.465 e. The first-order chi connectivity index (χ1) is 27.5. The molecule has 0 saturated carbocycles. The summed E-state index contributed by atoms with van der Waals surface area (Å²) in [5.74, 6) is -1.54. The molecule has 0 fully saturated rings. The number of alkyl halides is 2. The van der Waals surface area contributed by atoms with Crippen LogP contribution in [0.2, 0.25) is 0 Å². The topological polar surface area (TPSA) is 223 Å². The van der Waals surface area contributed by atoms with Crippen molar-refractivity contribution in [1.29, 1.82) is 0 Å². The van der Waals surface area contributed by atoms with Crippen LogP contribution in [0, 0.1) is 0 Å². The zero-order valence-corrected chi connectivity index (χ0v) is 33.2. The number of phosphoric ester groups is 2. The van der Waals surface area contributed by atoms with E-state index in [9.17, 15) is 48.2 Å². The quantitative estimate of drug-likeness (QED) is 0.0425. The molecule has 7 rings (SSSR count). The highest BCUT2D eigenvalue weighted by Crippen LogP contribution is 2.50. The molecule has 5 aromatic rings. The minimum absolute atomic E-state index is 0.0920. The summed E-state index contributed by atoms with van der Waals surface area (Å²) >= 11 is 12.7. The van der Waals surface area contributed by atoms with Crippen molar-refractivity contribution in [1.82, 2.24) is 0 Å². The van der Waals surface area contributed by atoms with Gasteiger partial charge in [0.25, 0.3) is 11.8 Å². The van der Waals surface area contributed by atoms with E-state index in [1.807, 2.05) is 0 Å². The molecule has 300 valence electrons. The third-order valence-electron chi connectivity index (χ3n) is 9.74. The molecule has 3 amide bonds. The second-order valence-electron chi connectivity index (χ2n) is 13.4. The van der Waals surface area contributed by atoms with Crippen LogP contribution in [0.1, 0.15) is 34.1 Å². The molecule has 5 aromatic carbocycles. The van der Waals surface area contributed by atoms with Gasteiger partial charge in [-0.3, -0.25) is 34.5 Å². The summed E-state index contributed by atoms with van der Waals surface area (Å²) in [6.07, 6.45) is 3.98. The lowest BCUT2D eigenvalue weighted by Gasteiger charge is -2.18. The Morgan fingerprint density at radius 1 is 0.690 bits per heavy atom. The normalized spacial score (nSPS) is 16.7. The number of carbonyl (C=O) groups is 3. The minimum atomic E-state index is -4.96. The van der Waals surface area contributed by atoms with Crippen LogP contribution in [0.15, 0.2) is 91.0 Å². The predicted molar refractivity (Wildman–Crippen MR) is 221 cm³/mol. The molecule has 2 aliphatic rings. The smallest absolute Gasteiger partial charge is 0.465 e. The highest BCUT2D eigenvalue weighted by molar-refractivity contribution is 7.47. The lowest BCUT2D eigenvalue weighted by Crippen LogP contribution is -2.28. The van der Waals surface area contributed by atoms with E-state index in [4.69, 9.17) is 32.2 Å². The number of halogens is 2. The Balaban J connectivity index is 1.16. The molecule has 0 spiro atoms. The third kappa shape index (κ3) is 8.49. The van der Waals surface area contributed by atoms with Gasteiger partial charge in [-0.1, -0.05) is 60.7 Å². The van der Waals surface area contributed by atoms with E-state index < -0.39 is 33.6 Å². The molecule has 58 heavy (non-hydrogen) atoms. The number of hydrogen-bond acceptors (Lipinski definition) is 7. The van der Waals surface area contributed by atoms with Crippen molar-refractivity contribution in [2.45, 2.75) is 11.8 Å². The second-order valence-corrected chi connectivity index (χ2v) is 16.4. The van der Waals surface area contributed by atoms with Gasteiger partial charge >= 0.3 is 21.7 Å². The van der Waals surface area contributed by atoms with Crippen LogP contribution in [0.4, 0.5) is 21.9 Å². The lowest BCUT2D eigenvalue weighted by atomic mass is 9.95. The molecule has 6 N–H and O–H groups in total. The molecule has 19 heteroatoms. The maximum Gasteiger partial charge on any atom is 0.524 e. The second kappa shape index (κ2) is 16.2. The Morgan fingerprint density at radius 2 is 1.14 bits per heavy atom. The molecule has 2 aliphatic heterocycles. The van der Waals surface area contributed by atoms with Crippen molar-refractivity contribution in [3.05, 3.63) is 113 Å². The summed E-state index contributed by atoms with van der Waals surface area (Å²) in [5.41, 5.74) is 2.98. The van der Waals surface area contributed by atoms with E-state index in [0.29, 0.717) is 49.6 Å². The highest BCUT2D eigenvalue weighted by atomic mass is 35.5. The van der Waals surface area contributed by atoms with E-state index in [1.54, 1.807) is 60.7 Å². The largest absolute Gasteiger partial charge is 0.524 e. The zero-order valence-electron chi connectivity index (χ0n) is 29.9. The fourth-order valence-corrected chi connectivity index (χ4v) is 8.78. The average molecular weight is 869 g/mol. The van der Waals surface area contributed by atoms with Crippen LogP contribution in [-0.2, 0) is 18.7 Å². The molecule has 0 aliphatic carbocycles. The number of amides is 3. The highest BCUT2D eigenvalue weighted by Gasteiger charge is 2.36. The fraction of sp³-hybridized carbons (Fsp3) is 0.154. The summed E-state index contributed by atoms with van der Waals surface area (Å²) in [7, 11) is -9.92. The average Bonchev–Trinajstić information content (AvgIpc) is 3.74. The van der Waals surface area contributed by atoms with Gasteiger partial charge in [0, 0.05) is 71.7 Å². The summed E-state index contributed by atoms with van der Waals surface area (Å²) in [6, 6.07) is 21.1. The molecule has 0 unspecified atom stereocenters. The van der Waals surface area contributed by atoms with Crippen molar-refractivity contribution >= 4 is 108 Å². The van der Waals surface area contributed by atoms with Crippen molar-refractivity contribution < 1.29 is 57.2 Å². The van der Waals surface area contributed by atoms with Gasteiger partial charge in [0.05, 0.1) is 17.1 Å². The fourth-order valence-electron chi connectivity index (χ4n) is 7.46. The first-order valence-electron chi connectivity index (χ1n) is 17.4. The number of carboxylic acid groups (broad SMARTS) is 1. The molecule has 0 radical (unpaired) electrons. The molecule has 0 saturated heterocycles. The Kier molecular flexibility index (Phi) is 11.4.